The molecule has 2 atom stereocenters. The number of halogens is 2. The summed E-state index contributed by atoms with van der Waals surface area (Å²) in [5.41, 5.74) is 2.25. The molecule has 1 aromatic carbocycles. The zero-order valence-corrected chi connectivity index (χ0v) is 36.4. The summed E-state index contributed by atoms with van der Waals surface area (Å²) < 4.78 is 34.8. The van der Waals surface area contributed by atoms with Gasteiger partial charge in [0.1, 0.15) is 5.60 Å². The number of anilines is 1. The van der Waals surface area contributed by atoms with E-state index in [1.54, 1.807) is 0 Å². The number of alkyl halides is 2. The Bertz CT molecular complexity index is 1220. The molecule has 1 amide bonds. The number of carbonyl (C=O) groups is 2. The Morgan fingerprint density at radius 2 is 1.52 bits per heavy atom. The number of thiol groups is 1. The van der Waals surface area contributed by atoms with Gasteiger partial charge in [0.25, 0.3) is 0 Å². The number of esters is 1. The van der Waals surface area contributed by atoms with Crippen LogP contribution in [0, 0.1) is 17.8 Å². The average molecular weight is 751 g/mol. The molecular weight excluding hydrogens is 675 g/mol. The zero-order valence-electron chi connectivity index (χ0n) is 35.5. The maximum Gasteiger partial charge on any atom is 0.330 e. The van der Waals surface area contributed by atoms with Gasteiger partial charge in [-0.25, -0.2) is 8.78 Å². The van der Waals surface area contributed by atoms with E-state index < -0.39 is 12.0 Å². The summed E-state index contributed by atoms with van der Waals surface area (Å²) in [4.78, 5) is 27.3. The Labute approximate surface area is 324 Å². The van der Waals surface area contributed by atoms with Gasteiger partial charge in [0, 0.05) is 22.4 Å². The van der Waals surface area contributed by atoms with Gasteiger partial charge in [-0.3, -0.25) is 9.59 Å². The van der Waals surface area contributed by atoms with Gasteiger partial charge in [-0.05, 0) is 111 Å². The van der Waals surface area contributed by atoms with Crippen molar-refractivity contribution in [2.75, 3.05) is 4.90 Å². The molecule has 1 aliphatic carbocycles. The number of hydrogen-bond donors (Lipinski definition) is 1. The van der Waals surface area contributed by atoms with Gasteiger partial charge in [0.15, 0.2) is 0 Å². The molecule has 299 valence electrons. The molecule has 9 heteroatoms. The first kappa shape index (κ1) is 48.4. The first-order chi connectivity index (χ1) is 24.1. The monoisotopic (exact) mass is 751 g/mol. The molecular formula is C43H75BF2NO4S. The number of hydrogen-bond acceptors (Lipinski definition) is 5. The van der Waals surface area contributed by atoms with E-state index in [0.29, 0.717) is 24.8 Å². The van der Waals surface area contributed by atoms with Gasteiger partial charge in [0.2, 0.25) is 12.3 Å². The van der Waals surface area contributed by atoms with Crippen LogP contribution >= 0.6 is 12.6 Å². The highest BCUT2D eigenvalue weighted by Gasteiger charge is 2.53. The second-order valence-electron chi connectivity index (χ2n) is 17.3. The molecule has 1 fully saturated rings. The lowest BCUT2D eigenvalue weighted by molar-refractivity contribution is -0.159. The van der Waals surface area contributed by atoms with E-state index in [0.717, 1.165) is 68.4 Å². The highest BCUT2D eigenvalue weighted by Crippen LogP contribution is 2.51. The molecule has 0 aromatic heterocycles. The Balaban J connectivity index is 0.000000554. The highest BCUT2D eigenvalue weighted by atomic mass is 32.1. The first-order valence-corrected chi connectivity index (χ1v) is 20.8. The fraction of sp³-hybridized carbons (Fsp3) is 0.814. The molecule has 52 heavy (non-hydrogen) atoms. The van der Waals surface area contributed by atoms with Crippen LogP contribution in [0.1, 0.15) is 180 Å². The van der Waals surface area contributed by atoms with Crippen LogP contribution in [0.2, 0.25) is 0 Å². The van der Waals surface area contributed by atoms with Crippen molar-refractivity contribution in [3.63, 3.8) is 0 Å². The SMILES string of the molecule is CCC(C)C(=O)OC(C)(C)C.CCCC(CC)C(F)F.CCCC1CC(N2C(=O)C(CCC)(CCC)c3ccc([B]OC(C)(C)C(C)(C)S)cc32)C1. The summed E-state index contributed by atoms with van der Waals surface area (Å²) in [6.45, 7) is 28.2. The maximum absolute atomic E-state index is 14.0. The minimum atomic E-state index is -2.12. The third-order valence-electron chi connectivity index (χ3n) is 11.0. The van der Waals surface area contributed by atoms with E-state index in [9.17, 15) is 18.4 Å². The molecule has 1 saturated carbocycles. The van der Waals surface area contributed by atoms with Crippen LogP contribution in [0.4, 0.5) is 14.5 Å². The van der Waals surface area contributed by atoms with Gasteiger partial charge in [-0.2, -0.15) is 12.6 Å². The van der Waals surface area contributed by atoms with E-state index in [1.807, 2.05) is 55.9 Å². The quantitative estimate of drug-likeness (QED) is 0.0979. The largest absolute Gasteiger partial charge is 0.460 e. The molecule has 1 heterocycles. The third-order valence-corrected chi connectivity index (χ3v) is 11.5. The molecule has 0 saturated heterocycles. The number of carbonyl (C=O) groups excluding carboxylic acids is 2. The average Bonchev–Trinajstić information content (AvgIpc) is 3.25. The number of ether oxygens (including phenoxy) is 1. The number of fused-ring (bicyclic) bond motifs is 1. The predicted octanol–water partition coefficient (Wildman–Crippen LogP) is 11.6. The second-order valence-corrected chi connectivity index (χ2v) is 18.4. The highest BCUT2D eigenvalue weighted by molar-refractivity contribution is 7.81. The smallest absolute Gasteiger partial charge is 0.330 e. The van der Waals surface area contributed by atoms with Gasteiger partial charge in [0.05, 0.1) is 16.9 Å². The van der Waals surface area contributed by atoms with Crippen molar-refractivity contribution >= 4 is 43.1 Å². The Kier molecular flexibility index (Phi) is 20.0. The maximum atomic E-state index is 14.0. The fourth-order valence-corrected chi connectivity index (χ4v) is 6.92. The summed E-state index contributed by atoms with van der Waals surface area (Å²) in [7, 11) is 1.85. The van der Waals surface area contributed by atoms with Crippen molar-refractivity contribution in [3.8, 4) is 0 Å². The van der Waals surface area contributed by atoms with Crippen LogP contribution in [-0.4, -0.2) is 47.8 Å². The summed E-state index contributed by atoms with van der Waals surface area (Å²) >= 11 is 4.72. The molecule has 1 aliphatic heterocycles. The molecule has 1 aromatic rings. The van der Waals surface area contributed by atoms with Crippen molar-refractivity contribution in [1.82, 2.24) is 0 Å². The zero-order chi connectivity index (χ0) is 40.1. The van der Waals surface area contributed by atoms with Crippen LogP contribution < -0.4 is 10.4 Å². The van der Waals surface area contributed by atoms with E-state index in [4.69, 9.17) is 22.0 Å². The molecule has 0 bridgehead atoms. The van der Waals surface area contributed by atoms with E-state index in [-0.39, 0.29) is 33.6 Å². The normalized spacial score (nSPS) is 19.4. The van der Waals surface area contributed by atoms with Crippen LogP contribution in [0.15, 0.2) is 18.2 Å². The van der Waals surface area contributed by atoms with E-state index in [2.05, 4.69) is 71.6 Å². The van der Waals surface area contributed by atoms with E-state index >= 15 is 0 Å². The Morgan fingerprint density at radius 1 is 0.942 bits per heavy atom. The van der Waals surface area contributed by atoms with Gasteiger partial charge >= 0.3 is 13.5 Å². The third kappa shape index (κ3) is 13.6. The van der Waals surface area contributed by atoms with E-state index in [1.165, 1.54) is 18.4 Å². The molecule has 3 rings (SSSR count). The number of amides is 1. The number of benzene rings is 1. The molecule has 5 nitrogen and oxygen atoms in total. The number of rotatable bonds is 17. The van der Waals surface area contributed by atoms with Crippen LogP contribution in [-0.2, 0) is 24.4 Å². The lowest BCUT2D eigenvalue weighted by Crippen LogP contribution is -2.50. The van der Waals surface area contributed by atoms with Crippen molar-refractivity contribution in [2.24, 2.45) is 17.8 Å². The summed E-state index contributed by atoms with van der Waals surface area (Å²) in [5, 5.41) is 0. The molecule has 2 unspecified atom stereocenters. The van der Waals surface area contributed by atoms with Crippen molar-refractivity contribution in [3.05, 3.63) is 23.8 Å². The lowest BCUT2D eigenvalue weighted by Gasteiger charge is -2.42. The van der Waals surface area contributed by atoms with Crippen molar-refractivity contribution < 1.29 is 27.8 Å². The van der Waals surface area contributed by atoms with Crippen molar-refractivity contribution in [1.29, 1.82) is 0 Å². The minimum absolute atomic E-state index is 0.0224. The Morgan fingerprint density at radius 3 is 1.92 bits per heavy atom. The second kappa shape index (κ2) is 21.5. The molecule has 1 radical (unpaired) electrons. The lowest BCUT2D eigenvalue weighted by atomic mass is 9.73. The van der Waals surface area contributed by atoms with Gasteiger partial charge < -0.3 is 14.3 Å². The minimum Gasteiger partial charge on any atom is -0.460 e. The number of nitrogens with zero attached hydrogens (tertiary/aromatic N) is 1. The molecule has 0 N–H and O–H groups in total. The van der Waals surface area contributed by atoms with Crippen LogP contribution in [0.25, 0.3) is 0 Å². The summed E-state index contributed by atoms with van der Waals surface area (Å²) in [5.74, 6) is 0.667. The Hall–Kier alpha value is -1.61. The van der Waals surface area contributed by atoms with Gasteiger partial charge in [-0.1, -0.05) is 98.2 Å². The van der Waals surface area contributed by atoms with Crippen LogP contribution in [0.3, 0.4) is 0 Å². The summed E-state index contributed by atoms with van der Waals surface area (Å²) in [6.07, 6.45) is 9.52. The molecule has 0 spiro atoms. The molecule has 2 aliphatic rings. The first-order valence-electron chi connectivity index (χ1n) is 20.3. The summed E-state index contributed by atoms with van der Waals surface area (Å²) in [6, 6.07) is 6.86. The predicted molar refractivity (Wildman–Crippen MR) is 220 cm³/mol. The van der Waals surface area contributed by atoms with Crippen LogP contribution in [0.5, 0.6) is 0 Å². The standard InChI is InChI=1S/C27H43BNO2S.C9H18O2.C7H14F2/c1-8-11-19-16-21(17-19)29-23-18-20(28-31-25(4,5)26(6,7)32)12-13-22(23)27(14-9-2,15-10-3)24(29)30;1-6-7(2)8(10)11-9(3,4)5;1-3-5-6(4-2)7(8)9/h12-13,18-19,21,32H,8-11,14-17H2,1-7H3;7H,6H2,1-5H3;6-7H,3-5H2,1-2H3. The fourth-order valence-electron chi connectivity index (χ4n) is 6.87. The van der Waals surface area contributed by atoms with Gasteiger partial charge in [-0.15, -0.1) is 0 Å². The van der Waals surface area contributed by atoms with Crippen molar-refractivity contribution in [2.45, 2.75) is 208 Å². The topological polar surface area (TPSA) is 55.8 Å².